The topological polar surface area (TPSA) is 59.1 Å². The lowest BCUT2D eigenvalue weighted by Crippen LogP contribution is -2.23. The van der Waals surface area contributed by atoms with Crippen LogP contribution in [0.1, 0.15) is 16.3 Å². The van der Waals surface area contributed by atoms with Gasteiger partial charge in [-0.15, -0.1) is 11.3 Å². The summed E-state index contributed by atoms with van der Waals surface area (Å²) in [6.45, 7) is 3.98. The predicted molar refractivity (Wildman–Crippen MR) is 72.1 cm³/mol. The van der Waals surface area contributed by atoms with E-state index in [0.29, 0.717) is 0 Å². The number of aryl methyl sites for hydroxylation is 2. The van der Waals surface area contributed by atoms with E-state index in [1.54, 1.807) is 18.2 Å². The van der Waals surface area contributed by atoms with Crippen LogP contribution in [0, 0.1) is 13.8 Å². The Hall–Kier alpha value is -1.24. The van der Waals surface area contributed by atoms with E-state index in [-0.39, 0.29) is 11.4 Å². The molecular weight excluding hydrogens is 268 g/mol. The van der Waals surface area contributed by atoms with E-state index in [1.165, 1.54) is 11.3 Å². The minimum atomic E-state index is -3.46. The van der Waals surface area contributed by atoms with Crippen molar-refractivity contribution in [2.24, 2.45) is 0 Å². The van der Waals surface area contributed by atoms with Crippen LogP contribution in [-0.4, -0.2) is 13.4 Å². The SMILES string of the molecule is Cc1cccc(S(=O)(=O)NCc2csc(C)n2)c1. The summed E-state index contributed by atoms with van der Waals surface area (Å²) in [5, 5.41) is 2.79. The first-order valence-corrected chi connectivity index (χ1v) is 7.81. The van der Waals surface area contributed by atoms with Gasteiger partial charge in [-0.25, -0.2) is 18.1 Å². The van der Waals surface area contributed by atoms with Gasteiger partial charge in [-0.3, -0.25) is 0 Å². The maximum atomic E-state index is 12.0. The molecule has 0 unspecified atom stereocenters. The molecule has 0 atom stereocenters. The van der Waals surface area contributed by atoms with Gasteiger partial charge in [0.2, 0.25) is 10.0 Å². The lowest BCUT2D eigenvalue weighted by Gasteiger charge is -2.05. The summed E-state index contributed by atoms with van der Waals surface area (Å²) < 4.78 is 26.6. The van der Waals surface area contributed by atoms with E-state index in [4.69, 9.17) is 0 Å². The highest BCUT2D eigenvalue weighted by Crippen LogP contribution is 2.12. The minimum Gasteiger partial charge on any atom is -0.245 e. The van der Waals surface area contributed by atoms with E-state index in [0.717, 1.165) is 16.3 Å². The summed E-state index contributed by atoms with van der Waals surface area (Å²) in [4.78, 5) is 4.50. The van der Waals surface area contributed by atoms with Gasteiger partial charge in [0.1, 0.15) is 0 Å². The van der Waals surface area contributed by atoms with E-state index < -0.39 is 10.0 Å². The maximum absolute atomic E-state index is 12.0. The molecule has 1 aromatic heterocycles. The molecule has 0 spiro atoms. The number of rotatable bonds is 4. The molecule has 0 amide bonds. The fraction of sp³-hybridized carbons (Fsp3) is 0.250. The number of aromatic nitrogens is 1. The third-order valence-electron chi connectivity index (χ3n) is 2.41. The molecule has 4 nitrogen and oxygen atoms in total. The van der Waals surface area contributed by atoms with Gasteiger partial charge < -0.3 is 0 Å². The average molecular weight is 282 g/mol. The molecule has 1 aromatic carbocycles. The third-order valence-corrected chi connectivity index (χ3v) is 4.63. The smallest absolute Gasteiger partial charge is 0.240 e. The molecule has 0 bridgehead atoms. The zero-order chi connectivity index (χ0) is 13.2. The second-order valence-electron chi connectivity index (χ2n) is 4.00. The molecule has 0 radical (unpaired) electrons. The number of nitrogens with one attached hydrogen (secondary N) is 1. The molecule has 0 aliphatic heterocycles. The second kappa shape index (κ2) is 5.17. The Balaban J connectivity index is 2.13. The van der Waals surface area contributed by atoms with E-state index in [2.05, 4.69) is 9.71 Å². The van der Waals surface area contributed by atoms with Crippen LogP contribution in [0.2, 0.25) is 0 Å². The van der Waals surface area contributed by atoms with Crippen molar-refractivity contribution in [3.8, 4) is 0 Å². The Morgan fingerprint density at radius 3 is 2.72 bits per heavy atom. The summed E-state index contributed by atoms with van der Waals surface area (Å²) >= 11 is 1.51. The molecule has 2 aromatic rings. The molecule has 0 saturated heterocycles. The van der Waals surface area contributed by atoms with Crippen LogP contribution in [0.4, 0.5) is 0 Å². The first-order valence-electron chi connectivity index (χ1n) is 5.45. The Morgan fingerprint density at radius 1 is 1.33 bits per heavy atom. The Labute approximate surface area is 111 Å². The molecule has 1 heterocycles. The lowest BCUT2D eigenvalue weighted by atomic mass is 10.2. The maximum Gasteiger partial charge on any atom is 0.240 e. The van der Waals surface area contributed by atoms with E-state index in [1.807, 2.05) is 25.3 Å². The quantitative estimate of drug-likeness (QED) is 0.935. The van der Waals surface area contributed by atoms with Crippen LogP contribution >= 0.6 is 11.3 Å². The van der Waals surface area contributed by atoms with Gasteiger partial charge in [-0.2, -0.15) is 0 Å². The molecule has 0 saturated carbocycles. The number of benzene rings is 1. The molecular formula is C12H14N2O2S2. The lowest BCUT2D eigenvalue weighted by molar-refractivity contribution is 0.580. The number of sulfonamides is 1. The number of thiazole rings is 1. The Bertz CT molecular complexity index is 648. The van der Waals surface area contributed by atoms with Gasteiger partial charge in [0.15, 0.2) is 0 Å². The van der Waals surface area contributed by atoms with Crippen LogP contribution in [0.25, 0.3) is 0 Å². The van der Waals surface area contributed by atoms with Crippen molar-refractivity contribution < 1.29 is 8.42 Å². The van der Waals surface area contributed by atoms with Crippen LogP contribution in [0.15, 0.2) is 34.5 Å². The summed E-state index contributed by atoms with van der Waals surface area (Å²) in [5.74, 6) is 0. The number of nitrogens with zero attached hydrogens (tertiary/aromatic N) is 1. The van der Waals surface area contributed by atoms with E-state index in [9.17, 15) is 8.42 Å². The molecule has 0 fully saturated rings. The Morgan fingerprint density at radius 2 is 2.11 bits per heavy atom. The van der Waals surface area contributed by atoms with E-state index >= 15 is 0 Å². The van der Waals surface area contributed by atoms with Crippen molar-refractivity contribution in [2.45, 2.75) is 25.3 Å². The Kier molecular flexibility index (Phi) is 3.79. The molecule has 0 aliphatic carbocycles. The van der Waals surface area contributed by atoms with Gasteiger partial charge in [0.25, 0.3) is 0 Å². The van der Waals surface area contributed by atoms with Crippen LogP contribution in [0.3, 0.4) is 0 Å². The summed E-state index contributed by atoms with van der Waals surface area (Å²) in [6.07, 6.45) is 0. The average Bonchev–Trinajstić information content (AvgIpc) is 2.73. The van der Waals surface area contributed by atoms with Crippen LogP contribution in [0.5, 0.6) is 0 Å². The summed E-state index contributed by atoms with van der Waals surface area (Å²) in [7, 11) is -3.46. The van der Waals surface area contributed by atoms with Gasteiger partial charge in [-0.05, 0) is 31.5 Å². The molecule has 2 rings (SSSR count). The number of hydrogen-bond acceptors (Lipinski definition) is 4. The third kappa shape index (κ3) is 3.16. The standard InChI is InChI=1S/C12H14N2O2S2/c1-9-4-3-5-12(6-9)18(15,16)13-7-11-8-17-10(2)14-11/h3-6,8,13H,7H2,1-2H3. The first kappa shape index (κ1) is 13.2. The summed E-state index contributed by atoms with van der Waals surface area (Å²) in [6, 6.07) is 6.83. The second-order valence-corrected chi connectivity index (χ2v) is 6.83. The highest BCUT2D eigenvalue weighted by molar-refractivity contribution is 7.89. The minimum absolute atomic E-state index is 0.223. The normalized spacial score (nSPS) is 11.7. The highest BCUT2D eigenvalue weighted by Gasteiger charge is 2.14. The van der Waals surface area contributed by atoms with Crippen LogP contribution < -0.4 is 4.72 Å². The fourth-order valence-corrected chi connectivity index (χ4v) is 3.24. The molecule has 1 N–H and O–H groups in total. The first-order chi connectivity index (χ1) is 8.47. The van der Waals surface area contributed by atoms with Crippen molar-refractivity contribution in [1.82, 2.24) is 9.71 Å². The van der Waals surface area contributed by atoms with Crippen molar-refractivity contribution in [3.63, 3.8) is 0 Å². The molecule has 6 heteroatoms. The zero-order valence-corrected chi connectivity index (χ0v) is 11.8. The van der Waals surface area contributed by atoms with Crippen molar-refractivity contribution >= 4 is 21.4 Å². The van der Waals surface area contributed by atoms with Crippen molar-refractivity contribution in [2.75, 3.05) is 0 Å². The predicted octanol–water partition coefficient (Wildman–Crippen LogP) is 2.24. The fourth-order valence-electron chi connectivity index (χ4n) is 1.52. The van der Waals surface area contributed by atoms with Crippen molar-refractivity contribution in [3.05, 3.63) is 45.9 Å². The van der Waals surface area contributed by atoms with Gasteiger partial charge in [0, 0.05) is 5.38 Å². The number of hydrogen-bond donors (Lipinski definition) is 1. The van der Waals surface area contributed by atoms with Gasteiger partial charge in [0.05, 0.1) is 22.1 Å². The van der Waals surface area contributed by atoms with Crippen LogP contribution in [-0.2, 0) is 16.6 Å². The van der Waals surface area contributed by atoms with Gasteiger partial charge in [-0.1, -0.05) is 12.1 Å². The monoisotopic (exact) mass is 282 g/mol. The zero-order valence-electron chi connectivity index (χ0n) is 10.2. The molecule has 96 valence electrons. The largest absolute Gasteiger partial charge is 0.245 e. The summed E-state index contributed by atoms with van der Waals surface area (Å²) in [5.41, 5.74) is 1.66. The molecule has 0 aliphatic rings. The molecule has 18 heavy (non-hydrogen) atoms. The highest BCUT2D eigenvalue weighted by atomic mass is 32.2. The van der Waals surface area contributed by atoms with Crippen molar-refractivity contribution in [1.29, 1.82) is 0 Å². The van der Waals surface area contributed by atoms with Gasteiger partial charge >= 0.3 is 0 Å².